The zero-order valence-electron chi connectivity index (χ0n) is 12.8. The largest absolute Gasteiger partial charge is 0.357 e. The van der Waals surface area contributed by atoms with Crippen LogP contribution < -0.4 is 10.2 Å². The summed E-state index contributed by atoms with van der Waals surface area (Å²) in [6.45, 7) is 3.64. The number of aryl methyl sites for hydroxylation is 1. The van der Waals surface area contributed by atoms with E-state index in [-0.39, 0.29) is 11.8 Å². The number of nitrogens with one attached hydrogen (secondary N) is 1. The summed E-state index contributed by atoms with van der Waals surface area (Å²) in [5.41, 5.74) is 0. The summed E-state index contributed by atoms with van der Waals surface area (Å²) in [7, 11) is 0. The van der Waals surface area contributed by atoms with Crippen molar-refractivity contribution < 1.29 is 4.79 Å². The molecule has 0 atom stereocenters. The van der Waals surface area contributed by atoms with Crippen molar-refractivity contribution >= 4 is 39.8 Å². The lowest BCUT2D eigenvalue weighted by atomic mass is 9.96. The van der Waals surface area contributed by atoms with Crippen LogP contribution in [0.1, 0.15) is 24.8 Å². The molecule has 0 saturated carbocycles. The number of hydrogen-bond acceptors (Lipinski definition) is 6. The molecule has 23 heavy (non-hydrogen) atoms. The molecule has 3 rings (SSSR count). The first-order valence-electron chi connectivity index (χ1n) is 7.65. The van der Waals surface area contributed by atoms with Gasteiger partial charge in [-0.3, -0.25) is 4.79 Å². The van der Waals surface area contributed by atoms with Crippen molar-refractivity contribution in [1.29, 1.82) is 0 Å². The number of rotatable bonds is 4. The van der Waals surface area contributed by atoms with E-state index in [0.29, 0.717) is 10.2 Å². The van der Waals surface area contributed by atoms with E-state index in [1.165, 1.54) is 11.3 Å². The molecular formula is C15H18ClN5OS. The second-order valence-electron chi connectivity index (χ2n) is 5.44. The normalized spacial score (nSPS) is 15.7. The van der Waals surface area contributed by atoms with Crippen LogP contribution in [0.25, 0.3) is 0 Å². The van der Waals surface area contributed by atoms with E-state index in [9.17, 15) is 4.79 Å². The summed E-state index contributed by atoms with van der Waals surface area (Å²) in [6, 6.07) is 3.75. The average molecular weight is 352 g/mol. The maximum atomic E-state index is 12.3. The van der Waals surface area contributed by atoms with Gasteiger partial charge in [-0.15, -0.1) is 10.2 Å². The monoisotopic (exact) mass is 351 g/mol. The number of halogens is 1. The third kappa shape index (κ3) is 3.97. The Labute approximate surface area is 143 Å². The highest BCUT2D eigenvalue weighted by Crippen LogP contribution is 2.24. The zero-order chi connectivity index (χ0) is 16.2. The molecule has 1 aliphatic heterocycles. The topological polar surface area (TPSA) is 71.0 Å². The molecule has 0 unspecified atom stereocenters. The fraction of sp³-hybridized carbons (Fsp3) is 0.467. The first-order chi connectivity index (χ1) is 11.2. The number of carbonyl (C=O) groups excluding carboxylic acids is 1. The summed E-state index contributed by atoms with van der Waals surface area (Å²) >= 11 is 7.30. The Bertz CT molecular complexity index is 667. The second kappa shape index (κ2) is 7.23. The van der Waals surface area contributed by atoms with Gasteiger partial charge in [0.05, 0.1) is 5.02 Å². The molecule has 1 amide bonds. The van der Waals surface area contributed by atoms with Crippen LogP contribution in [0.4, 0.5) is 10.9 Å². The van der Waals surface area contributed by atoms with E-state index < -0.39 is 0 Å². The fourth-order valence-electron chi connectivity index (χ4n) is 2.58. The number of aromatic nitrogens is 3. The molecule has 1 fully saturated rings. The van der Waals surface area contributed by atoms with Crippen molar-refractivity contribution in [3.63, 3.8) is 0 Å². The van der Waals surface area contributed by atoms with Crippen LogP contribution in [0, 0.1) is 5.92 Å². The highest BCUT2D eigenvalue weighted by Gasteiger charge is 2.26. The van der Waals surface area contributed by atoms with Gasteiger partial charge in [0.1, 0.15) is 10.8 Å². The number of carbonyl (C=O) groups is 1. The summed E-state index contributed by atoms with van der Waals surface area (Å²) in [5.74, 6) is 0.949. The summed E-state index contributed by atoms with van der Waals surface area (Å²) in [5, 5.41) is 13.1. The third-order valence-electron chi connectivity index (χ3n) is 3.90. The molecule has 0 aromatic carbocycles. The molecular weight excluding hydrogens is 334 g/mol. The molecule has 0 spiro atoms. The Balaban J connectivity index is 1.53. The Kier molecular flexibility index (Phi) is 5.07. The summed E-state index contributed by atoms with van der Waals surface area (Å²) in [4.78, 5) is 18.8. The predicted molar refractivity (Wildman–Crippen MR) is 92.1 cm³/mol. The number of anilines is 2. The van der Waals surface area contributed by atoms with Gasteiger partial charge >= 0.3 is 0 Å². The standard InChI is InChI=1S/C15H18ClN5OS/c1-2-13-19-20-15(23-13)18-14(22)10-5-7-21(8-6-10)12-4-3-11(16)9-17-12/h3-4,9-10H,2,5-8H2,1H3,(H,18,20,22). The molecule has 3 heterocycles. The van der Waals surface area contributed by atoms with E-state index in [1.54, 1.807) is 6.20 Å². The molecule has 122 valence electrons. The van der Waals surface area contributed by atoms with Crippen LogP contribution in [0.5, 0.6) is 0 Å². The summed E-state index contributed by atoms with van der Waals surface area (Å²) < 4.78 is 0. The van der Waals surface area contributed by atoms with Crippen molar-refractivity contribution in [2.24, 2.45) is 5.92 Å². The molecule has 6 nitrogen and oxygen atoms in total. The smallest absolute Gasteiger partial charge is 0.229 e. The molecule has 0 bridgehead atoms. The first-order valence-corrected chi connectivity index (χ1v) is 8.85. The van der Waals surface area contributed by atoms with E-state index in [1.807, 2.05) is 19.1 Å². The number of nitrogens with zero attached hydrogens (tertiary/aromatic N) is 4. The van der Waals surface area contributed by atoms with Gasteiger partial charge in [0, 0.05) is 25.2 Å². The molecule has 2 aromatic rings. The van der Waals surface area contributed by atoms with Crippen molar-refractivity contribution in [2.45, 2.75) is 26.2 Å². The lowest BCUT2D eigenvalue weighted by molar-refractivity contribution is -0.120. The molecule has 1 aliphatic rings. The lowest BCUT2D eigenvalue weighted by Gasteiger charge is -2.31. The quantitative estimate of drug-likeness (QED) is 0.916. The zero-order valence-corrected chi connectivity index (χ0v) is 14.4. The van der Waals surface area contributed by atoms with Crippen molar-refractivity contribution in [1.82, 2.24) is 15.2 Å². The van der Waals surface area contributed by atoms with Crippen molar-refractivity contribution in [3.05, 3.63) is 28.4 Å². The minimum atomic E-state index is 0.00697. The first kappa shape index (κ1) is 16.1. The van der Waals surface area contributed by atoms with Gasteiger partial charge in [0.2, 0.25) is 11.0 Å². The lowest BCUT2D eigenvalue weighted by Crippen LogP contribution is -2.38. The molecule has 1 N–H and O–H groups in total. The Morgan fingerprint density at radius 1 is 1.39 bits per heavy atom. The molecule has 1 saturated heterocycles. The Hall–Kier alpha value is -1.73. The highest BCUT2D eigenvalue weighted by molar-refractivity contribution is 7.15. The van der Waals surface area contributed by atoms with Gasteiger partial charge in [-0.05, 0) is 31.4 Å². The van der Waals surface area contributed by atoms with E-state index in [2.05, 4.69) is 25.4 Å². The maximum Gasteiger partial charge on any atom is 0.229 e. The van der Waals surface area contributed by atoms with E-state index in [0.717, 1.165) is 43.2 Å². The van der Waals surface area contributed by atoms with E-state index >= 15 is 0 Å². The van der Waals surface area contributed by atoms with Gasteiger partial charge in [-0.25, -0.2) is 4.98 Å². The predicted octanol–water partition coefficient (Wildman–Crippen LogP) is 3.00. The van der Waals surface area contributed by atoms with Crippen LogP contribution in [-0.2, 0) is 11.2 Å². The average Bonchev–Trinajstić information content (AvgIpc) is 3.03. The fourth-order valence-corrected chi connectivity index (χ4v) is 3.37. The van der Waals surface area contributed by atoms with Crippen molar-refractivity contribution in [2.75, 3.05) is 23.3 Å². The van der Waals surface area contributed by atoms with Gasteiger partial charge in [-0.2, -0.15) is 0 Å². The summed E-state index contributed by atoms with van der Waals surface area (Å²) in [6.07, 6.45) is 4.08. The van der Waals surface area contributed by atoms with E-state index in [4.69, 9.17) is 11.6 Å². The van der Waals surface area contributed by atoms with Crippen LogP contribution in [-0.4, -0.2) is 34.2 Å². The molecule has 0 radical (unpaired) electrons. The van der Waals surface area contributed by atoms with Crippen LogP contribution in [0.2, 0.25) is 5.02 Å². The number of amides is 1. The minimum Gasteiger partial charge on any atom is -0.357 e. The van der Waals surface area contributed by atoms with Gasteiger partial charge in [0.15, 0.2) is 0 Å². The minimum absolute atomic E-state index is 0.00697. The van der Waals surface area contributed by atoms with Crippen LogP contribution in [0.3, 0.4) is 0 Å². The SMILES string of the molecule is CCc1nnc(NC(=O)C2CCN(c3ccc(Cl)cn3)CC2)s1. The van der Waals surface area contributed by atoms with Crippen LogP contribution in [0.15, 0.2) is 18.3 Å². The highest BCUT2D eigenvalue weighted by atomic mass is 35.5. The Morgan fingerprint density at radius 2 is 2.17 bits per heavy atom. The van der Waals surface area contributed by atoms with Gasteiger partial charge in [-0.1, -0.05) is 29.9 Å². The van der Waals surface area contributed by atoms with Gasteiger partial charge < -0.3 is 10.2 Å². The number of pyridine rings is 1. The van der Waals surface area contributed by atoms with Crippen LogP contribution >= 0.6 is 22.9 Å². The number of piperidine rings is 1. The second-order valence-corrected chi connectivity index (χ2v) is 6.94. The Morgan fingerprint density at radius 3 is 2.78 bits per heavy atom. The van der Waals surface area contributed by atoms with Crippen molar-refractivity contribution in [3.8, 4) is 0 Å². The third-order valence-corrected chi connectivity index (χ3v) is 5.11. The molecule has 2 aromatic heterocycles. The maximum absolute atomic E-state index is 12.3. The molecule has 8 heteroatoms. The van der Waals surface area contributed by atoms with Gasteiger partial charge in [0.25, 0.3) is 0 Å². The molecule has 0 aliphatic carbocycles. The number of hydrogen-bond donors (Lipinski definition) is 1.